The van der Waals surface area contributed by atoms with Crippen LogP contribution in [0.5, 0.6) is 0 Å². The molecule has 15 heavy (non-hydrogen) atoms. The molecule has 0 saturated heterocycles. The van der Waals surface area contributed by atoms with Crippen LogP contribution < -0.4 is 0 Å². The highest BCUT2D eigenvalue weighted by Gasteiger charge is 2.17. The van der Waals surface area contributed by atoms with Gasteiger partial charge < -0.3 is 5.11 Å². The Labute approximate surface area is 87.2 Å². The molecule has 0 bridgehead atoms. The summed E-state index contributed by atoms with van der Waals surface area (Å²) >= 11 is 0. The molecule has 2 rings (SSSR count). The number of rotatable bonds is 2. The lowest BCUT2D eigenvalue weighted by molar-refractivity contribution is 0.0682. The third-order valence-corrected chi connectivity index (χ3v) is 2.32. The lowest BCUT2D eigenvalue weighted by Crippen LogP contribution is -2.02. The summed E-state index contributed by atoms with van der Waals surface area (Å²) in [5, 5.41) is 8.99. The molecule has 0 atom stereocenters. The molecule has 0 radical (unpaired) electrons. The number of pyridine rings is 1. The van der Waals surface area contributed by atoms with Crippen LogP contribution in [0.2, 0.25) is 0 Å². The molecule has 0 fully saturated rings. The summed E-state index contributed by atoms with van der Waals surface area (Å²) in [6, 6.07) is 5.56. The maximum absolute atomic E-state index is 11.0. The van der Waals surface area contributed by atoms with Crippen molar-refractivity contribution in [2.24, 2.45) is 0 Å². The van der Waals surface area contributed by atoms with Gasteiger partial charge in [0.1, 0.15) is 0 Å². The van der Waals surface area contributed by atoms with Crippen LogP contribution in [0, 0.1) is 0 Å². The van der Waals surface area contributed by atoms with Crippen LogP contribution in [0.3, 0.4) is 0 Å². The van der Waals surface area contributed by atoms with E-state index in [1.807, 2.05) is 26.0 Å². The fraction of sp³-hybridized carbons (Fsp3) is 0.273. The molecular formula is C11H12N2O2. The van der Waals surface area contributed by atoms with Crippen LogP contribution in [-0.2, 0) is 0 Å². The molecule has 0 aromatic carbocycles. The van der Waals surface area contributed by atoms with Crippen LogP contribution in [0.15, 0.2) is 24.4 Å². The van der Waals surface area contributed by atoms with Crippen LogP contribution in [0.1, 0.15) is 36.1 Å². The van der Waals surface area contributed by atoms with Crippen molar-refractivity contribution in [3.8, 4) is 0 Å². The number of carboxylic acids is 1. The van der Waals surface area contributed by atoms with Gasteiger partial charge in [-0.1, -0.05) is 19.9 Å². The number of hydrogen-bond donors (Lipinski definition) is 1. The second kappa shape index (κ2) is 3.38. The predicted octanol–water partition coefficient (Wildman–Crippen LogP) is 2.16. The Balaban J connectivity index is 2.79. The molecular weight excluding hydrogens is 192 g/mol. The summed E-state index contributed by atoms with van der Waals surface area (Å²) in [4.78, 5) is 15.1. The summed E-state index contributed by atoms with van der Waals surface area (Å²) in [5.74, 6) is -0.701. The second-order valence-corrected chi connectivity index (χ2v) is 3.74. The zero-order valence-electron chi connectivity index (χ0n) is 8.64. The van der Waals surface area contributed by atoms with Gasteiger partial charge in [0.2, 0.25) is 5.82 Å². The molecule has 0 spiro atoms. The standard InChI is InChI=1S/C11H12N2O2/c1-7(2)9-8-5-3-4-6-13(8)10(12-9)11(14)15/h3-7H,1-2H3,(H,14,15). The molecule has 2 aromatic rings. The van der Waals surface area contributed by atoms with E-state index in [9.17, 15) is 4.79 Å². The van der Waals surface area contributed by atoms with E-state index in [-0.39, 0.29) is 11.7 Å². The summed E-state index contributed by atoms with van der Waals surface area (Å²) in [5.41, 5.74) is 1.69. The highest BCUT2D eigenvalue weighted by molar-refractivity contribution is 5.85. The van der Waals surface area contributed by atoms with Gasteiger partial charge in [-0.25, -0.2) is 9.78 Å². The first-order chi connectivity index (χ1) is 7.11. The molecule has 0 aliphatic heterocycles. The predicted molar refractivity (Wildman–Crippen MR) is 56.2 cm³/mol. The van der Waals surface area contributed by atoms with E-state index in [1.54, 1.807) is 16.7 Å². The Morgan fingerprint density at radius 1 is 1.47 bits per heavy atom. The topological polar surface area (TPSA) is 54.6 Å². The van der Waals surface area contributed by atoms with Gasteiger partial charge >= 0.3 is 5.97 Å². The number of aromatic carboxylic acids is 1. The lowest BCUT2D eigenvalue weighted by atomic mass is 10.1. The Morgan fingerprint density at radius 2 is 2.20 bits per heavy atom. The molecule has 0 saturated carbocycles. The molecule has 0 aliphatic carbocycles. The number of carbonyl (C=O) groups is 1. The van der Waals surface area contributed by atoms with E-state index in [1.165, 1.54) is 0 Å². The van der Waals surface area contributed by atoms with E-state index >= 15 is 0 Å². The van der Waals surface area contributed by atoms with Crippen molar-refractivity contribution in [1.82, 2.24) is 9.38 Å². The summed E-state index contributed by atoms with van der Waals surface area (Å²) < 4.78 is 1.61. The quantitative estimate of drug-likeness (QED) is 0.815. The molecule has 2 aromatic heterocycles. The van der Waals surface area contributed by atoms with Crippen LogP contribution in [0.25, 0.3) is 5.52 Å². The number of carboxylic acid groups (broad SMARTS) is 1. The van der Waals surface area contributed by atoms with Crippen molar-refractivity contribution < 1.29 is 9.90 Å². The van der Waals surface area contributed by atoms with Crippen molar-refractivity contribution in [3.05, 3.63) is 35.9 Å². The number of hydrogen-bond acceptors (Lipinski definition) is 2. The molecule has 0 unspecified atom stereocenters. The first-order valence-electron chi connectivity index (χ1n) is 4.81. The molecule has 4 nitrogen and oxygen atoms in total. The van der Waals surface area contributed by atoms with Crippen molar-refractivity contribution >= 4 is 11.5 Å². The first-order valence-corrected chi connectivity index (χ1v) is 4.81. The minimum atomic E-state index is -0.997. The Morgan fingerprint density at radius 3 is 2.80 bits per heavy atom. The van der Waals surface area contributed by atoms with Gasteiger partial charge in [0, 0.05) is 6.20 Å². The molecule has 2 heterocycles. The van der Waals surface area contributed by atoms with E-state index in [2.05, 4.69) is 4.98 Å². The average molecular weight is 204 g/mol. The number of fused-ring (bicyclic) bond motifs is 1. The largest absolute Gasteiger partial charge is 0.475 e. The van der Waals surface area contributed by atoms with Crippen LogP contribution in [0.4, 0.5) is 0 Å². The number of nitrogens with zero attached hydrogens (tertiary/aromatic N) is 2. The zero-order valence-corrected chi connectivity index (χ0v) is 8.64. The van der Waals surface area contributed by atoms with Gasteiger partial charge in [0.25, 0.3) is 0 Å². The monoisotopic (exact) mass is 204 g/mol. The van der Waals surface area contributed by atoms with Gasteiger partial charge in [0.05, 0.1) is 11.2 Å². The lowest BCUT2D eigenvalue weighted by Gasteiger charge is -1.99. The van der Waals surface area contributed by atoms with Crippen molar-refractivity contribution in [1.29, 1.82) is 0 Å². The summed E-state index contributed by atoms with van der Waals surface area (Å²) in [6.07, 6.45) is 1.72. The van der Waals surface area contributed by atoms with Crippen molar-refractivity contribution in [3.63, 3.8) is 0 Å². The van der Waals surface area contributed by atoms with Crippen LogP contribution >= 0.6 is 0 Å². The normalized spacial score (nSPS) is 11.1. The van der Waals surface area contributed by atoms with Gasteiger partial charge in [0.15, 0.2) is 0 Å². The van der Waals surface area contributed by atoms with E-state index in [0.717, 1.165) is 11.2 Å². The fourth-order valence-electron chi connectivity index (χ4n) is 1.64. The highest BCUT2D eigenvalue weighted by atomic mass is 16.4. The molecule has 1 N–H and O–H groups in total. The maximum Gasteiger partial charge on any atom is 0.372 e. The van der Waals surface area contributed by atoms with Gasteiger partial charge in [-0.05, 0) is 18.1 Å². The maximum atomic E-state index is 11.0. The van der Waals surface area contributed by atoms with Gasteiger partial charge in [-0.3, -0.25) is 4.40 Å². The Bertz CT molecular complexity index is 514. The van der Waals surface area contributed by atoms with E-state index in [0.29, 0.717) is 0 Å². The average Bonchev–Trinajstić information content (AvgIpc) is 2.56. The SMILES string of the molecule is CC(C)c1nc(C(=O)O)n2ccccc12. The fourth-order valence-corrected chi connectivity index (χ4v) is 1.64. The van der Waals surface area contributed by atoms with E-state index in [4.69, 9.17) is 5.11 Å². The summed E-state index contributed by atoms with van der Waals surface area (Å²) in [7, 11) is 0. The molecule has 0 amide bonds. The third-order valence-electron chi connectivity index (χ3n) is 2.32. The third kappa shape index (κ3) is 1.48. The molecule has 0 aliphatic rings. The van der Waals surface area contributed by atoms with Crippen molar-refractivity contribution in [2.75, 3.05) is 0 Å². The van der Waals surface area contributed by atoms with E-state index < -0.39 is 5.97 Å². The molecule has 78 valence electrons. The minimum Gasteiger partial charge on any atom is -0.475 e. The van der Waals surface area contributed by atoms with Crippen molar-refractivity contribution in [2.45, 2.75) is 19.8 Å². The van der Waals surface area contributed by atoms with Gasteiger partial charge in [-0.2, -0.15) is 0 Å². The molecule has 4 heteroatoms. The minimum absolute atomic E-state index is 0.0781. The number of aromatic nitrogens is 2. The first kappa shape index (κ1) is 9.71. The second-order valence-electron chi connectivity index (χ2n) is 3.74. The Kier molecular flexibility index (Phi) is 2.19. The summed E-state index contributed by atoms with van der Waals surface area (Å²) in [6.45, 7) is 4.00. The number of imidazole rings is 1. The smallest absolute Gasteiger partial charge is 0.372 e. The Hall–Kier alpha value is -1.84. The van der Waals surface area contributed by atoms with Gasteiger partial charge in [-0.15, -0.1) is 0 Å². The highest BCUT2D eigenvalue weighted by Crippen LogP contribution is 2.20. The zero-order chi connectivity index (χ0) is 11.0. The van der Waals surface area contributed by atoms with Crippen LogP contribution in [-0.4, -0.2) is 20.5 Å².